The maximum atomic E-state index is 13.7. The SMILES string of the molecule is COc1ccc(NC(=O)C2C(=O)c3ccc(S(=O)(=O)c4ccc5c(c4)C(=O)C(C(=O)Nc4ccc(OC)cc4)C5=O)cc3C2=O)cc1. The van der Waals surface area contributed by atoms with Crippen molar-refractivity contribution in [2.24, 2.45) is 11.8 Å². The molecule has 6 rings (SSSR count). The minimum Gasteiger partial charge on any atom is -0.497 e. The second kappa shape index (κ2) is 11.8. The maximum Gasteiger partial charge on any atom is 0.243 e. The number of hydrogen-bond acceptors (Lipinski definition) is 10. The lowest BCUT2D eigenvalue weighted by Crippen LogP contribution is -2.31. The van der Waals surface area contributed by atoms with Crippen molar-refractivity contribution >= 4 is 56.2 Å². The molecule has 12 nitrogen and oxygen atoms in total. The average molecular weight is 653 g/mol. The Bertz CT molecular complexity index is 1990. The van der Waals surface area contributed by atoms with Crippen LogP contribution in [0.2, 0.25) is 0 Å². The van der Waals surface area contributed by atoms with Crippen LogP contribution < -0.4 is 20.1 Å². The van der Waals surface area contributed by atoms with E-state index in [4.69, 9.17) is 9.47 Å². The Kier molecular flexibility index (Phi) is 7.77. The largest absolute Gasteiger partial charge is 0.497 e. The fraction of sp³-hybridized carbons (Fsp3) is 0.118. The van der Waals surface area contributed by atoms with E-state index in [0.717, 1.165) is 36.4 Å². The monoisotopic (exact) mass is 652 g/mol. The van der Waals surface area contributed by atoms with Gasteiger partial charge >= 0.3 is 0 Å². The average Bonchev–Trinajstić information content (AvgIpc) is 3.48. The van der Waals surface area contributed by atoms with Gasteiger partial charge in [-0.1, -0.05) is 0 Å². The van der Waals surface area contributed by atoms with Crippen LogP contribution >= 0.6 is 0 Å². The van der Waals surface area contributed by atoms with Crippen LogP contribution in [0.3, 0.4) is 0 Å². The number of ether oxygens (including phenoxy) is 2. The van der Waals surface area contributed by atoms with E-state index in [1.165, 1.54) is 38.5 Å². The maximum absolute atomic E-state index is 13.7. The summed E-state index contributed by atoms with van der Waals surface area (Å²) in [6, 6.07) is 19.0. The molecule has 2 N–H and O–H groups in total. The highest BCUT2D eigenvalue weighted by atomic mass is 32.2. The van der Waals surface area contributed by atoms with Gasteiger partial charge in [0.25, 0.3) is 0 Å². The molecule has 236 valence electrons. The summed E-state index contributed by atoms with van der Waals surface area (Å²) in [5.41, 5.74) is -0.0581. The van der Waals surface area contributed by atoms with Crippen molar-refractivity contribution in [2.45, 2.75) is 9.79 Å². The Morgan fingerprint density at radius 1 is 0.532 bits per heavy atom. The Balaban J connectivity index is 1.23. The fourth-order valence-electron chi connectivity index (χ4n) is 5.47. The number of carbonyl (C=O) groups is 6. The van der Waals surface area contributed by atoms with Crippen LogP contribution in [0.4, 0.5) is 11.4 Å². The molecule has 0 saturated heterocycles. The van der Waals surface area contributed by atoms with Gasteiger partial charge in [-0.3, -0.25) is 28.8 Å². The highest BCUT2D eigenvalue weighted by molar-refractivity contribution is 7.91. The van der Waals surface area contributed by atoms with Crippen LogP contribution in [0, 0.1) is 11.8 Å². The van der Waals surface area contributed by atoms with Gasteiger partial charge in [0.15, 0.2) is 35.0 Å². The lowest BCUT2D eigenvalue weighted by atomic mass is 10.0. The molecule has 13 heteroatoms. The number of carbonyl (C=O) groups excluding carboxylic acids is 6. The third-order valence-electron chi connectivity index (χ3n) is 7.95. The summed E-state index contributed by atoms with van der Waals surface area (Å²) in [5.74, 6) is -7.40. The molecule has 0 spiro atoms. The highest BCUT2D eigenvalue weighted by Gasteiger charge is 2.45. The quantitative estimate of drug-likeness (QED) is 0.266. The normalized spacial score (nSPS) is 16.8. The van der Waals surface area contributed by atoms with Crippen LogP contribution in [0.5, 0.6) is 11.5 Å². The second-order valence-electron chi connectivity index (χ2n) is 10.7. The number of rotatable bonds is 8. The molecule has 0 fully saturated rings. The first-order valence-electron chi connectivity index (χ1n) is 14.0. The Hall–Kier alpha value is -5.95. The number of ketones is 4. The third-order valence-corrected chi connectivity index (χ3v) is 9.70. The van der Waals surface area contributed by atoms with E-state index in [1.807, 2.05) is 0 Å². The molecule has 0 radical (unpaired) electrons. The van der Waals surface area contributed by atoms with E-state index in [-0.39, 0.29) is 32.0 Å². The first kappa shape index (κ1) is 31.0. The van der Waals surface area contributed by atoms with Crippen molar-refractivity contribution in [3.05, 3.63) is 107 Å². The first-order valence-corrected chi connectivity index (χ1v) is 15.5. The second-order valence-corrected chi connectivity index (χ2v) is 12.6. The zero-order valence-electron chi connectivity index (χ0n) is 24.7. The minimum absolute atomic E-state index is 0.107. The number of nitrogens with one attached hydrogen (secondary N) is 2. The van der Waals surface area contributed by atoms with E-state index >= 15 is 0 Å². The van der Waals surface area contributed by atoms with Crippen molar-refractivity contribution in [2.75, 3.05) is 24.9 Å². The van der Waals surface area contributed by atoms with Gasteiger partial charge in [0.2, 0.25) is 21.7 Å². The number of benzene rings is 4. The highest BCUT2D eigenvalue weighted by Crippen LogP contribution is 2.35. The Morgan fingerprint density at radius 2 is 0.872 bits per heavy atom. The summed E-state index contributed by atoms with van der Waals surface area (Å²) in [6.45, 7) is 0. The van der Waals surface area contributed by atoms with Gasteiger partial charge in [-0.25, -0.2) is 8.42 Å². The summed E-state index contributed by atoms with van der Waals surface area (Å²) < 4.78 is 37.5. The van der Waals surface area contributed by atoms with Gasteiger partial charge in [0, 0.05) is 33.6 Å². The molecule has 4 aromatic carbocycles. The number of sulfone groups is 1. The molecular formula is C34H24N2O10S. The molecule has 0 heterocycles. The molecule has 4 aromatic rings. The number of fused-ring (bicyclic) bond motifs is 2. The van der Waals surface area contributed by atoms with Gasteiger partial charge in [0.1, 0.15) is 11.5 Å². The van der Waals surface area contributed by atoms with Crippen LogP contribution in [0.15, 0.2) is 94.7 Å². The molecule has 2 unspecified atom stereocenters. The third kappa shape index (κ3) is 5.36. The molecule has 2 atom stereocenters. The zero-order valence-corrected chi connectivity index (χ0v) is 25.5. The first-order chi connectivity index (χ1) is 22.4. The summed E-state index contributed by atoms with van der Waals surface area (Å²) >= 11 is 0. The minimum atomic E-state index is -4.40. The molecule has 2 aliphatic carbocycles. The molecule has 0 aliphatic heterocycles. The van der Waals surface area contributed by atoms with Gasteiger partial charge in [-0.15, -0.1) is 0 Å². The number of anilines is 2. The predicted molar refractivity (Wildman–Crippen MR) is 166 cm³/mol. The smallest absolute Gasteiger partial charge is 0.243 e. The van der Waals surface area contributed by atoms with E-state index in [1.54, 1.807) is 24.3 Å². The van der Waals surface area contributed by atoms with Gasteiger partial charge in [-0.2, -0.15) is 0 Å². The number of hydrogen-bond donors (Lipinski definition) is 2. The summed E-state index contributed by atoms with van der Waals surface area (Å²) in [7, 11) is -1.45. The molecule has 0 saturated carbocycles. The zero-order chi connectivity index (χ0) is 33.6. The van der Waals surface area contributed by atoms with Gasteiger partial charge < -0.3 is 20.1 Å². The number of Topliss-reactive ketones (excluding diaryl/α,β-unsaturated/α-hetero) is 4. The molecule has 47 heavy (non-hydrogen) atoms. The van der Waals surface area contributed by atoms with Crippen LogP contribution in [-0.4, -0.2) is 57.6 Å². The van der Waals surface area contributed by atoms with Crippen molar-refractivity contribution in [3.63, 3.8) is 0 Å². The van der Waals surface area contributed by atoms with E-state index in [2.05, 4.69) is 10.6 Å². The summed E-state index contributed by atoms with van der Waals surface area (Å²) in [6.07, 6.45) is 0. The Morgan fingerprint density at radius 3 is 1.21 bits per heavy atom. The molecule has 2 amide bonds. The standard InChI is InChI=1S/C34H24N2O10S/c1-45-19-7-3-17(4-8-19)35-33(41)27-29(37)23-13-11-21(15-25(23)31(27)39)47(43,44)22-12-14-24-26(16-22)32(40)28(30(24)38)34(42)36-18-5-9-20(46-2)10-6-18/h3-16,27-28H,1-2H3,(H,35,41)(H,36,42). The molecule has 0 aromatic heterocycles. The van der Waals surface area contributed by atoms with Crippen molar-refractivity contribution in [3.8, 4) is 11.5 Å². The fourth-order valence-corrected chi connectivity index (χ4v) is 6.78. The molecule has 2 aliphatic rings. The van der Waals surface area contributed by atoms with E-state index < -0.39 is 56.6 Å². The number of amides is 2. The summed E-state index contributed by atoms with van der Waals surface area (Å²) in [4.78, 5) is 77.6. The van der Waals surface area contributed by atoms with Crippen LogP contribution in [0.1, 0.15) is 41.4 Å². The van der Waals surface area contributed by atoms with Crippen molar-refractivity contribution < 1.29 is 46.7 Å². The van der Waals surface area contributed by atoms with Crippen LogP contribution in [-0.2, 0) is 19.4 Å². The predicted octanol–water partition coefficient (Wildman–Crippen LogP) is 3.80. The van der Waals surface area contributed by atoms with Gasteiger partial charge in [-0.05, 0) is 84.9 Å². The lowest BCUT2D eigenvalue weighted by molar-refractivity contribution is -0.118. The van der Waals surface area contributed by atoms with Crippen LogP contribution in [0.25, 0.3) is 0 Å². The topological polar surface area (TPSA) is 179 Å². The van der Waals surface area contributed by atoms with E-state index in [0.29, 0.717) is 22.9 Å². The molecule has 0 bridgehead atoms. The Labute approximate surface area is 267 Å². The molecular weight excluding hydrogens is 628 g/mol. The summed E-state index contributed by atoms with van der Waals surface area (Å²) in [5, 5.41) is 5.03. The van der Waals surface area contributed by atoms with E-state index in [9.17, 15) is 37.2 Å². The lowest BCUT2D eigenvalue weighted by Gasteiger charge is -2.09. The number of methoxy groups -OCH3 is 2. The van der Waals surface area contributed by atoms with Crippen molar-refractivity contribution in [1.29, 1.82) is 0 Å². The van der Waals surface area contributed by atoms with Crippen molar-refractivity contribution in [1.82, 2.24) is 0 Å². The van der Waals surface area contributed by atoms with Gasteiger partial charge in [0.05, 0.1) is 24.0 Å².